The first-order valence-electron chi connectivity index (χ1n) is 10.1. The van der Waals surface area contributed by atoms with E-state index >= 15 is 0 Å². The van der Waals surface area contributed by atoms with E-state index in [0.29, 0.717) is 39.0 Å². The van der Waals surface area contributed by atoms with E-state index in [9.17, 15) is 9.59 Å². The Morgan fingerprint density at radius 2 is 1.97 bits per heavy atom. The Balaban J connectivity index is 1.95. The molecule has 3 rings (SSSR count). The van der Waals surface area contributed by atoms with E-state index in [1.54, 1.807) is 81.8 Å². The van der Waals surface area contributed by atoms with Gasteiger partial charge < -0.3 is 14.8 Å². The fourth-order valence-corrected chi connectivity index (χ4v) is 3.78. The van der Waals surface area contributed by atoms with Gasteiger partial charge in [-0.2, -0.15) is 0 Å². The van der Waals surface area contributed by atoms with Crippen molar-refractivity contribution >= 4 is 40.0 Å². The van der Waals surface area contributed by atoms with Crippen LogP contribution in [-0.4, -0.2) is 35.4 Å². The highest BCUT2D eigenvalue weighted by molar-refractivity contribution is 7.99. The SMILES string of the molecule is C=CC(=CC=C(C)OC)n1c(SCC(=O)Nc2cccc(OC)c2)nc2ccccc2c1=O. The number of hydrogen-bond acceptors (Lipinski definition) is 6. The van der Waals surface area contributed by atoms with E-state index in [1.165, 1.54) is 16.3 Å². The molecule has 0 saturated carbocycles. The number of methoxy groups -OCH3 is 2. The summed E-state index contributed by atoms with van der Waals surface area (Å²) in [6.45, 7) is 5.65. The lowest BCUT2D eigenvalue weighted by atomic mass is 10.2. The van der Waals surface area contributed by atoms with Crippen LogP contribution in [0.1, 0.15) is 6.92 Å². The van der Waals surface area contributed by atoms with Crippen LogP contribution in [0.2, 0.25) is 0 Å². The van der Waals surface area contributed by atoms with E-state index in [4.69, 9.17) is 9.47 Å². The van der Waals surface area contributed by atoms with Crippen molar-refractivity contribution in [2.75, 3.05) is 25.3 Å². The molecule has 0 atom stereocenters. The predicted molar refractivity (Wildman–Crippen MR) is 134 cm³/mol. The maximum absolute atomic E-state index is 13.3. The Kier molecular flexibility index (Phi) is 8.10. The topological polar surface area (TPSA) is 82.4 Å². The van der Waals surface area contributed by atoms with Crippen molar-refractivity contribution in [3.63, 3.8) is 0 Å². The molecule has 1 N–H and O–H groups in total. The Morgan fingerprint density at radius 1 is 1.18 bits per heavy atom. The van der Waals surface area contributed by atoms with Crippen molar-refractivity contribution in [1.29, 1.82) is 0 Å². The van der Waals surface area contributed by atoms with Gasteiger partial charge in [0.15, 0.2) is 5.16 Å². The molecule has 0 unspecified atom stereocenters. The number of fused-ring (bicyclic) bond motifs is 1. The van der Waals surface area contributed by atoms with Gasteiger partial charge in [0.1, 0.15) is 5.75 Å². The normalized spacial score (nSPS) is 11.8. The number of amides is 1. The number of anilines is 1. The van der Waals surface area contributed by atoms with Gasteiger partial charge in [-0.1, -0.05) is 36.5 Å². The number of aromatic nitrogens is 2. The number of nitrogens with zero attached hydrogens (tertiary/aromatic N) is 2. The summed E-state index contributed by atoms with van der Waals surface area (Å²) in [4.78, 5) is 30.6. The van der Waals surface area contributed by atoms with E-state index < -0.39 is 0 Å². The second-order valence-corrected chi connectivity index (χ2v) is 7.84. The molecule has 0 aliphatic rings. The second kappa shape index (κ2) is 11.2. The molecule has 0 fully saturated rings. The molecule has 0 bridgehead atoms. The summed E-state index contributed by atoms with van der Waals surface area (Å²) in [6.07, 6.45) is 5.03. The molecule has 0 aliphatic carbocycles. The van der Waals surface area contributed by atoms with Crippen LogP contribution in [0, 0.1) is 0 Å². The summed E-state index contributed by atoms with van der Waals surface area (Å²) in [7, 11) is 3.13. The minimum atomic E-state index is -0.245. The van der Waals surface area contributed by atoms with Crippen LogP contribution in [0.4, 0.5) is 5.69 Å². The van der Waals surface area contributed by atoms with E-state index in [2.05, 4.69) is 16.9 Å². The Bertz CT molecular complexity index is 1290. The molecule has 8 heteroatoms. The van der Waals surface area contributed by atoms with Crippen molar-refractivity contribution in [3.8, 4) is 5.75 Å². The highest BCUT2D eigenvalue weighted by Crippen LogP contribution is 2.23. The van der Waals surface area contributed by atoms with E-state index in [1.807, 2.05) is 6.07 Å². The van der Waals surface area contributed by atoms with Gasteiger partial charge in [0.2, 0.25) is 5.91 Å². The lowest BCUT2D eigenvalue weighted by Gasteiger charge is -2.14. The number of carbonyl (C=O) groups excluding carboxylic acids is 1. The number of ether oxygens (including phenoxy) is 2. The summed E-state index contributed by atoms with van der Waals surface area (Å²) in [5, 5.41) is 3.69. The minimum absolute atomic E-state index is 0.0549. The zero-order valence-electron chi connectivity index (χ0n) is 18.7. The highest BCUT2D eigenvalue weighted by atomic mass is 32.2. The van der Waals surface area contributed by atoms with Crippen LogP contribution in [0.5, 0.6) is 5.75 Å². The number of carbonyl (C=O) groups is 1. The fraction of sp³-hybridized carbons (Fsp3) is 0.160. The van der Waals surface area contributed by atoms with E-state index in [-0.39, 0.29) is 17.2 Å². The molecule has 0 saturated heterocycles. The number of benzene rings is 2. The lowest BCUT2D eigenvalue weighted by molar-refractivity contribution is -0.113. The van der Waals surface area contributed by atoms with E-state index in [0.717, 1.165) is 0 Å². The molecular formula is C25H25N3O4S. The summed E-state index contributed by atoms with van der Waals surface area (Å²) < 4.78 is 11.8. The standard InChI is InChI=1S/C25H25N3O4S/c1-5-19(14-13-17(2)31-3)28-24(30)21-11-6-7-12-22(21)27-25(28)33-16-23(29)26-18-9-8-10-20(15-18)32-4/h5-15H,1,16H2,2-4H3,(H,26,29). The molecule has 2 aromatic carbocycles. The van der Waals surface area contributed by atoms with Gasteiger partial charge in [0, 0.05) is 11.8 Å². The molecule has 1 aromatic heterocycles. The largest absolute Gasteiger partial charge is 0.501 e. The summed E-state index contributed by atoms with van der Waals surface area (Å²) >= 11 is 1.17. The predicted octanol–water partition coefficient (Wildman–Crippen LogP) is 4.71. The zero-order valence-corrected chi connectivity index (χ0v) is 19.5. The number of allylic oxidation sites excluding steroid dienone is 5. The van der Waals surface area contributed by atoms with Crippen molar-refractivity contribution in [2.24, 2.45) is 0 Å². The Labute approximate surface area is 196 Å². The monoisotopic (exact) mass is 463 g/mol. The number of hydrogen-bond donors (Lipinski definition) is 1. The van der Waals surface area contributed by atoms with Crippen molar-refractivity contribution in [2.45, 2.75) is 12.1 Å². The van der Waals surface area contributed by atoms with Gasteiger partial charge >= 0.3 is 0 Å². The number of rotatable bonds is 9. The first kappa shape index (κ1) is 23.9. The number of para-hydroxylation sites is 1. The second-order valence-electron chi connectivity index (χ2n) is 6.90. The minimum Gasteiger partial charge on any atom is -0.501 e. The maximum atomic E-state index is 13.3. The van der Waals surface area contributed by atoms with Crippen LogP contribution in [0.3, 0.4) is 0 Å². The fourth-order valence-electron chi connectivity index (χ4n) is 2.97. The van der Waals surface area contributed by atoms with Crippen LogP contribution >= 0.6 is 11.8 Å². The Morgan fingerprint density at radius 3 is 2.70 bits per heavy atom. The van der Waals surface area contributed by atoms with Gasteiger partial charge in [-0.25, -0.2) is 4.98 Å². The molecule has 0 spiro atoms. The molecular weight excluding hydrogens is 438 g/mol. The molecule has 170 valence electrons. The zero-order chi connectivity index (χ0) is 23.8. The molecule has 1 heterocycles. The molecule has 1 amide bonds. The van der Waals surface area contributed by atoms with Gasteiger partial charge in [0.25, 0.3) is 5.56 Å². The first-order valence-corrected chi connectivity index (χ1v) is 11.1. The third-order valence-corrected chi connectivity index (χ3v) is 5.65. The highest BCUT2D eigenvalue weighted by Gasteiger charge is 2.15. The van der Waals surface area contributed by atoms with Crippen molar-refractivity contribution in [3.05, 3.63) is 89.5 Å². The Hall–Kier alpha value is -3.78. The van der Waals surface area contributed by atoms with Crippen LogP contribution in [0.15, 0.2) is 89.0 Å². The quantitative estimate of drug-likeness (QED) is 0.214. The van der Waals surface area contributed by atoms with Crippen LogP contribution in [-0.2, 0) is 9.53 Å². The molecule has 7 nitrogen and oxygen atoms in total. The van der Waals surface area contributed by atoms with Crippen LogP contribution in [0.25, 0.3) is 16.6 Å². The van der Waals surface area contributed by atoms with Gasteiger partial charge in [-0.3, -0.25) is 14.2 Å². The van der Waals surface area contributed by atoms with Crippen molar-refractivity contribution in [1.82, 2.24) is 9.55 Å². The summed E-state index contributed by atoms with van der Waals surface area (Å²) in [5.74, 6) is 1.13. The average Bonchev–Trinajstić information content (AvgIpc) is 2.84. The first-order chi connectivity index (χ1) is 16.0. The van der Waals surface area contributed by atoms with Crippen LogP contribution < -0.4 is 15.6 Å². The summed E-state index contributed by atoms with van der Waals surface area (Å²) in [6, 6.07) is 14.2. The number of nitrogens with one attached hydrogen (secondary N) is 1. The van der Waals surface area contributed by atoms with Gasteiger partial charge in [-0.05, 0) is 49.4 Å². The third-order valence-electron chi connectivity index (χ3n) is 4.71. The maximum Gasteiger partial charge on any atom is 0.266 e. The number of thioether (sulfide) groups is 1. The summed E-state index contributed by atoms with van der Waals surface area (Å²) in [5.41, 5.74) is 1.45. The molecule has 0 radical (unpaired) electrons. The lowest BCUT2D eigenvalue weighted by Crippen LogP contribution is -2.23. The third kappa shape index (κ3) is 5.93. The average molecular weight is 464 g/mol. The van der Waals surface area contributed by atoms with Gasteiger partial charge in [-0.15, -0.1) is 0 Å². The molecule has 33 heavy (non-hydrogen) atoms. The molecule has 3 aromatic rings. The van der Waals surface area contributed by atoms with Crippen molar-refractivity contribution < 1.29 is 14.3 Å². The molecule has 0 aliphatic heterocycles. The smallest absolute Gasteiger partial charge is 0.266 e. The van der Waals surface area contributed by atoms with Gasteiger partial charge in [0.05, 0.1) is 42.3 Å².